The van der Waals surface area contributed by atoms with Gasteiger partial charge in [0.15, 0.2) is 0 Å². The molecular weight excluding hydrogens is 360 g/mol. The summed E-state index contributed by atoms with van der Waals surface area (Å²) in [5.74, 6) is -0.0268. The van der Waals surface area contributed by atoms with Crippen molar-refractivity contribution in [3.05, 3.63) is 52.8 Å². The Morgan fingerprint density at radius 1 is 1.32 bits per heavy atom. The van der Waals surface area contributed by atoms with E-state index in [2.05, 4.69) is 9.36 Å². The monoisotopic (exact) mass is 376 g/mol. The summed E-state index contributed by atoms with van der Waals surface area (Å²) >= 11 is 7.38. The molecule has 1 atom stereocenters. The van der Waals surface area contributed by atoms with E-state index in [1.165, 1.54) is 11.5 Å². The van der Waals surface area contributed by atoms with Gasteiger partial charge in [-0.3, -0.25) is 0 Å². The van der Waals surface area contributed by atoms with Crippen LogP contribution >= 0.6 is 23.1 Å². The Balaban J connectivity index is 1.92. The minimum atomic E-state index is -0.779. The number of esters is 1. The number of fused-ring (bicyclic) bond motifs is 1. The highest BCUT2D eigenvalue weighted by atomic mass is 35.5. The standard InChI is InChI=1S/C18H17ClN2O3S/c1-3-23-18(22)13(9-12-7-5-4-6-8-12)24-17-15-11(2)16(19)20-10-14(15)25-21-17/h4-8,10,13H,3,9H2,1-2H3. The van der Waals surface area contributed by atoms with E-state index in [4.69, 9.17) is 21.1 Å². The number of carbonyl (C=O) groups excluding carboxylic acids is 1. The molecule has 0 spiro atoms. The van der Waals surface area contributed by atoms with Crippen molar-refractivity contribution in [2.45, 2.75) is 26.4 Å². The number of aryl methyl sites for hydroxylation is 1. The number of aromatic nitrogens is 2. The molecule has 0 aliphatic carbocycles. The molecule has 0 bridgehead atoms. The van der Waals surface area contributed by atoms with Crippen molar-refractivity contribution in [3.8, 4) is 5.88 Å². The maximum Gasteiger partial charge on any atom is 0.347 e. The van der Waals surface area contributed by atoms with Crippen LogP contribution in [0.1, 0.15) is 18.1 Å². The molecule has 1 unspecified atom stereocenters. The Kier molecular flexibility index (Phi) is 5.50. The van der Waals surface area contributed by atoms with E-state index in [1.807, 2.05) is 37.3 Å². The third kappa shape index (κ3) is 3.91. The van der Waals surface area contributed by atoms with Gasteiger partial charge in [-0.05, 0) is 30.9 Å². The van der Waals surface area contributed by atoms with E-state index >= 15 is 0 Å². The van der Waals surface area contributed by atoms with Crippen LogP contribution in [0.15, 0.2) is 36.5 Å². The second-order valence-corrected chi connectivity index (χ2v) is 6.61. The maximum atomic E-state index is 12.4. The van der Waals surface area contributed by atoms with Crippen molar-refractivity contribution in [3.63, 3.8) is 0 Å². The first-order valence-corrected chi connectivity index (χ1v) is 9.03. The summed E-state index contributed by atoms with van der Waals surface area (Å²) in [5, 5.41) is 1.18. The van der Waals surface area contributed by atoms with Crippen molar-refractivity contribution in [1.82, 2.24) is 9.36 Å². The number of hydrogen-bond donors (Lipinski definition) is 0. The summed E-state index contributed by atoms with van der Waals surface area (Å²) < 4.78 is 16.3. The van der Waals surface area contributed by atoms with E-state index in [0.29, 0.717) is 24.1 Å². The van der Waals surface area contributed by atoms with Gasteiger partial charge < -0.3 is 9.47 Å². The predicted octanol–water partition coefficient (Wildman–Crippen LogP) is 4.21. The summed E-state index contributed by atoms with van der Waals surface area (Å²) in [6.07, 6.45) is 1.28. The normalized spacial score (nSPS) is 12.1. The summed E-state index contributed by atoms with van der Waals surface area (Å²) in [6.45, 7) is 3.92. The highest BCUT2D eigenvalue weighted by Crippen LogP contribution is 2.34. The van der Waals surface area contributed by atoms with Crippen molar-refractivity contribution < 1.29 is 14.3 Å². The van der Waals surface area contributed by atoms with Crippen molar-refractivity contribution >= 4 is 39.2 Å². The summed E-state index contributed by atoms with van der Waals surface area (Å²) in [5.41, 5.74) is 1.77. The summed E-state index contributed by atoms with van der Waals surface area (Å²) in [4.78, 5) is 16.5. The highest BCUT2D eigenvalue weighted by molar-refractivity contribution is 7.13. The van der Waals surface area contributed by atoms with Gasteiger partial charge >= 0.3 is 5.97 Å². The van der Waals surface area contributed by atoms with Gasteiger partial charge in [-0.15, -0.1) is 0 Å². The molecule has 7 heteroatoms. The second kappa shape index (κ2) is 7.80. The van der Waals surface area contributed by atoms with E-state index in [-0.39, 0.29) is 0 Å². The molecule has 25 heavy (non-hydrogen) atoms. The fraction of sp³-hybridized carbons (Fsp3) is 0.278. The number of halogens is 1. The Morgan fingerprint density at radius 3 is 2.80 bits per heavy atom. The number of pyridine rings is 1. The zero-order valence-corrected chi connectivity index (χ0v) is 15.4. The van der Waals surface area contributed by atoms with Gasteiger partial charge in [-0.1, -0.05) is 41.9 Å². The van der Waals surface area contributed by atoms with Crippen molar-refractivity contribution in [2.75, 3.05) is 6.61 Å². The van der Waals surface area contributed by atoms with E-state index in [1.54, 1.807) is 13.1 Å². The molecule has 5 nitrogen and oxygen atoms in total. The molecule has 0 saturated carbocycles. The number of rotatable bonds is 6. The van der Waals surface area contributed by atoms with Crippen LogP contribution in [0.4, 0.5) is 0 Å². The lowest BCUT2D eigenvalue weighted by atomic mass is 10.1. The van der Waals surface area contributed by atoms with Gasteiger partial charge in [0.25, 0.3) is 0 Å². The molecule has 3 rings (SSSR count). The molecule has 2 aromatic heterocycles. The predicted molar refractivity (Wildman–Crippen MR) is 98.4 cm³/mol. The largest absolute Gasteiger partial charge is 0.463 e. The first-order chi connectivity index (χ1) is 12.1. The van der Waals surface area contributed by atoms with Gasteiger partial charge in [0.1, 0.15) is 5.15 Å². The van der Waals surface area contributed by atoms with Crippen LogP contribution in [0.5, 0.6) is 5.88 Å². The van der Waals surface area contributed by atoms with E-state index < -0.39 is 12.1 Å². The summed E-state index contributed by atoms with van der Waals surface area (Å²) in [6, 6.07) is 9.66. The molecule has 130 valence electrons. The number of nitrogens with zero attached hydrogens (tertiary/aromatic N) is 2. The number of hydrogen-bond acceptors (Lipinski definition) is 6. The molecule has 0 fully saturated rings. The third-order valence-corrected chi connectivity index (χ3v) is 4.88. The Bertz CT molecular complexity index is 883. The lowest BCUT2D eigenvalue weighted by molar-refractivity contribution is -0.151. The molecular formula is C18H17ClN2O3S. The second-order valence-electron chi connectivity index (χ2n) is 5.45. The van der Waals surface area contributed by atoms with Gasteiger partial charge in [-0.2, -0.15) is 4.37 Å². The molecule has 0 amide bonds. The molecule has 0 aliphatic rings. The number of ether oxygens (including phenoxy) is 2. The minimum absolute atomic E-state index is 0.292. The quantitative estimate of drug-likeness (QED) is 0.476. The Labute approximate surface area is 154 Å². The van der Waals surface area contributed by atoms with Gasteiger partial charge in [0.05, 0.1) is 16.7 Å². The lowest BCUT2D eigenvalue weighted by Crippen LogP contribution is -2.31. The number of benzene rings is 1. The van der Waals surface area contributed by atoms with Crippen LogP contribution in [0.25, 0.3) is 10.1 Å². The van der Waals surface area contributed by atoms with Crippen LogP contribution in [-0.4, -0.2) is 28.0 Å². The van der Waals surface area contributed by atoms with Crippen LogP contribution in [0.2, 0.25) is 5.15 Å². The summed E-state index contributed by atoms with van der Waals surface area (Å²) in [7, 11) is 0. The van der Waals surface area contributed by atoms with E-state index in [0.717, 1.165) is 21.2 Å². The van der Waals surface area contributed by atoms with Gasteiger partial charge in [0.2, 0.25) is 12.0 Å². The molecule has 2 heterocycles. The molecule has 0 aliphatic heterocycles. The zero-order valence-electron chi connectivity index (χ0n) is 13.9. The molecule has 0 saturated heterocycles. The smallest absolute Gasteiger partial charge is 0.347 e. The molecule has 0 N–H and O–H groups in total. The zero-order chi connectivity index (χ0) is 17.8. The fourth-order valence-corrected chi connectivity index (χ4v) is 3.38. The molecule has 1 aromatic carbocycles. The van der Waals surface area contributed by atoms with E-state index in [9.17, 15) is 4.79 Å². The first-order valence-electron chi connectivity index (χ1n) is 7.87. The molecule has 0 radical (unpaired) electrons. The first kappa shape index (κ1) is 17.6. The molecule has 3 aromatic rings. The van der Waals surface area contributed by atoms with Crippen LogP contribution in [0, 0.1) is 6.92 Å². The third-order valence-electron chi connectivity index (χ3n) is 3.73. The van der Waals surface area contributed by atoms with Crippen LogP contribution in [0.3, 0.4) is 0 Å². The van der Waals surface area contributed by atoms with Gasteiger partial charge in [-0.25, -0.2) is 9.78 Å². The van der Waals surface area contributed by atoms with Crippen molar-refractivity contribution in [2.24, 2.45) is 0 Å². The SMILES string of the molecule is CCOC(=O)C(Cc1ccccc1)Oc1nsc2cnc(Cl)c(C)c12. The lowest BCUT2D eigenvalue weighted by Gasteiger charge is -2.17. The number of carbonyl (C=O) groups is 1. The van der Waals surface area contributed by atoms with Crippen LogP contribution < -0.4 is 4.74 Å². The van der Waals surface area contributed by atoms with Crippen molar-refractivity contribution in [1.29, 1.82) is 0 Å². The van der Waals surface area contributed by atoms with Gasteiger partial charge in [0, 0.05) is 18.2 Å². The fourth-order valence-electron chi connectivity index (χ4n) is 2.49. The highest BCUT2D eigenvalue weighted by Gasteiger charge is 2.25. The minimum Gasteiger partial charge on any atom is -0.463 e. The average molecular weight is 377 g/mol. The average Bonchev–Trinajstić information content (AvgIpc) is 3.02. The Morgan fingerprint density at radius 2 is 2.08 bits per heavy atom. The van der Waals surface area contributed by atoms with Crippen LogP contribution in [-0.2, 0) is 16.0 Å². The Hall–Kier alpha value is -2.18. The maximum absolute atomic E-state index is 12.4. The topological polar surface area (TPSA) is 61.3 Å².